The Hall–Kier alpha value is -1.26. The van der Waals surface area contributed by atoms with E-state index < -0.39 is 0 Å². The summed E-state index contributed by atoms with van der Waals surface area (Å²) in [4.78, 5) is 16.0. The quantitative estimate of drug-likeness (QED) is 0.370. The third-order valence-corrected chi connectivity index (χ3v) is 2.59. The van der Waals surface area contributed by atoms with Gasteiger partial charge in [0.05, 0.1) is 6.04 Å². The molecule has 2 aliphatic rings. The summed E-state index contributed by atoms with van der Waals surface area (Å²) >= 11 is 0. The highest BCUT2D eigenvalue weighted by Crippen LogP contribution is 2.19. The molecule has 0 bridgehead atoms. The van der Waals surface area contributed by atoms with Gasteiger partial charge in [-0.25, -0.2) is 0 Å². The molecule has 1 amide bonds. The fraction of sp³-hybridized carbons (Fsp3) is 0.875. The number of amides is 1. The minimum absolute atomic E-state index is 0.0367. The second kappa shape index (κ2) is 3.86. The van der Waals surface area contributed by atoms with E-state index in [-0.39, 0.29) is 18.1 Å². The van der Waals surface area contributed by atoms with Crippen LogP contribution >= 0.6 is 0 Å². The number of rotatable bonds is 2. The maximum Gasteiger partial charge on any atom is 0.251 e. The number of carbonyl (C=O) groups is 1. The molecule has 0 aromatic carbocycles. The molecule has 2 rings (SSSR count). The molecule has 0 spiro atoms. The molecule has 2 heterocycles. The van der Waals surface area contributed by atoms with Crippen molar-refractivity contribution < 1.29 is 9.53 Å². The zero-order valence-corrected chi connectivity index (χ0v) is 7.80. The van der Waals surface area contributed by atoms with Gasteiger partial charge in [0, 0.05) is 24.6 Å². The Morgan fingerprint density at radius 3 is 2.93 bits per heavy atom. The summed E-state index contributed by atoms with van der Waals surface area (Å²) in [5.74, 6) is 0.0480. The molecule has 14 heavy (non-hydrogen) atoms. The number of azide groups is 1. The van der Waals surface area contributed by atoms with Crippen molar-refractivity contribution >= 4 is 5.91 Å². The highest BCUT2D eigenvalue weighted by molar-refractivity contribution is 5.82. The molecule has 6 nitrogen and oxygen atoms in total. The lowest BCUT2D eigenvalue weighted by Crippen LogP contribution is -2.55. The van der Waals surface area contributed by atoms with Crippen molar-refractivity contribution in [2.75, 3.05) is 19.7 Å². The Morgan fingerprint density at radius 1 is 1.57 bits per heavy atom. The summed E-state index contributed by atoms with van der Waals surface area (Å²) in [7, 11) is 0. The first-order valence-corrected chi connectivity index (χ1v) is 4.76. The summed E-state index contributed by atoms with van der Waals surface area (Å²) in [6.07, 6.45) is 1.54. The fourth-order valence-electron chi connectivity index (χ4n) is 1.76. The topological polar surface area (TPSA) is 78.3 Å². The first kappa shape index (κ1) is 9.30. The molecule has 2 fully saturated rings. The Bertz CT molecular complexity index is 275. The summed E-state index contributed by atoms with van der Waals surface area (Å²) in [6.45, 7) is 1.77. The van der Waals surface area contributed by atoms with Crippen molar-refractivity contribution in [2.24, 2.45) is 5.11 Å². The third kappa shape index (κ3) is 1.66. The molecule has 0 saturated carbocycles. The number of nitrogens with zero attached hydrogens (tertiary/aromatic N) is 4. The van der Waals surface area contributed by atoms with Gasteiger partial charge in [0.2, 0.25) is 0 Å². The summed E-state index contributed by atoms with van der Waals surface area (Å²) in [6, 6.07) is -0.0367. The standard InChI is InChI=1S/C8H12N4O2/c9-11-10-6-4-12(5-6)8(13)7-2-1-3-14-7/h6-7H,1-5H2/t7-/m1/s1. The molecular formula is C8H12N4O2. The van der Waals surface area contributed by atoms with Crippen molar-refractivity contribution in [3.05, 3.63) is 10.4 Å². The van der Waals surface area contributed by atoms with Crippen LogP contribution in [0.15, 0.2) is 5.11 Å². The lowest BCUT2D eigenvalue weighted by Gasteiger charge is -2.37. The van der Waals surface area contributed by atoms with E-state index >= 15 is 0 Å². The van der Waals surface area contributed by atoms with E-state index in [9.17, 15) is 4.79 Å². The van der Waals surface area contributed by atoms with Crippen molar-refractivity contribution in [1.82, 2.24) is 4.90 Å². The highest BCUT2D eigenvalue weighted by atomic mass is 16.5. The van der Waals surface area contributed by atoms with E-state index in [1.807, 2.05) is 0 Å². The summed E-state index contributed by atoms with van der Waals surface area (Å²) in [5.41, 5.74) is 8.17. The number of carbonyl (C=O) groups excluding carboxylic acids is 1. The van der Waals surface area contributed by atoms with Crippen molar-refractivity contribution in [2.45, 2.75) is 25.0 Å². The molecule has 0 aromatic rings. The molecule has 0 radical (unpaired) electrons. The maximum atomic E-state index is 11.6. The van der Waals surface area contributed by atoms with Gasteiger partial charge in [0.15, 0.2) is 0 Å². The second-order valence-electron chi connectivity index (χ2n) is 3.60. The molecule has 0 aromatic heterocycles. The van der Waals surface area contributed by atoms with Gasteiger partial charge in [-0.1, -0.05) is 5.11 Å². The Morgan fingerprint density at radius 2 is 2.36 bits per heavy atom. The molecule has 0 N–H and O–H groups in total. The zero-order chi connectivity index (χ0) is 9.97. The van der Waals surface area contributed by atoms with Crippen LogP contribution in [0.2, 0.25) is 0 Å². The van der Waals surface area contributed by atoms with Gasteiger partial charge in [-0.15, -0.1) is 0 Å². The Kier molecular flexibility index (Phi) is 2.56. The van der Waals surface area contributed by atoms with Gasteiger partial charge in [-0.05, 0) is 18.4 Å². The van der Waals surface area contributed by atoms with Crippen LogP contribution in [0.4, 0.5) is 0 Å². The first-order valence-electron chi connectivity index (χ1n) is 4.76. The smallest absolute Gasteiger partial charge is 0.251 e. The van der Waals surface area contributed by atoms with Crippen LogP contribution in [-0.4, -0.2) is 42.6 Å². The monoisotopic (exact) mass is 196 g/mol. The summed E-state index contributed by atoms with van der Waals surface area (Å²) in [5, 5.41) is 3.53. The van der Waals surface area contributed by atoms with Gasteiger partial charge >= 0.3 is 0 Å². The predicted octanol–water partition coefficient (Wildman–Crippen LogP) is 0.686. The molecule has 2 saturated heterocycles. The summed E-state index contributed by atoms with van der Waals surface area (Å²) < 4.78 is 5.27. The van der Waals surface area contributed by atoms with Gasteiger partial charge in [0.1, 0.15) is 6.10 Å². The van der Waals surface area contributed by atoms with Gasteiger partial charge in [-0.2, -0.15) is 0 Å². The minimum Gasteiger partial charge on any atom is -0.368 e. The van der Waals surface area contributed by atoms with Crippen LogP contribution in [0.5, 0.6) is 0 Å². The van der Waals surface area contributed by atoms with Gasteiger partial charge < -0.3 is 9.64 Å². The fourth-order valence-corrected chi connectivity index (χ4v) is 1.76. The van der Waals surface area contributed by atoms with Crippen LogP contribution in [0.1, 0.15) is 12.8 Å². The lowest BCUT2D eigenvalue weighted by atomic mass is 10.1. The third-order valence-electron chi connectivity index (χ3n) is 2.59. The van der Waals surface area contributed by atoms with Gasteiger partial charge in [-0.3, -0.25) is 4.79 Å². The van der Waals surface area contributed by atoms with Crippen molar-refractivity contribution in [3.63, 3.8) is 0 Å². The van der Waals surface area contributed by atoms with E-state index in [4.69, 9.17) is 10.3 Å². The van der Waals surface area contributed by atoms with E-state index in [1.54, 1.807) is 4.90 Å². The van der Waals surface area contributed by atoms with Crippen molar-refractivity contribution in [1.29, 1.82) is 0 Å². The Balaban J connectivity index is 1.81. The zero-order valence-electron chi connectivity index (χ0n) is 7.80. The van der Waals surface area contributed by atoms with E-state index in [0.717, 1.165) is 12.8 Å². The number of hydrogen-bond acceptors (Lipinski definition) is 3. The van der Waals surface area contributed by atoms with Crippen LogP contribution in [-0.2, 0) is 9.53 Å². The van der Waals surface area contributed by atoms with Crippen LogP contribution < -0.4 is 0 Å². The maximum absolute atomic E-state index is 11.6. The Labute approximate surface area is 81.5 Å². The SMILES string of the molecule is [N-]=[N+]=NC1CN(C(=O)[C@H]2CCCO2)C1. The van der Waals surface area contributed by atoms with E-state index in [1.165, 1.54) is 0 Å². The molecule has 1 atom stereocenters. The largest absolute Gasteiger partial charge is 0.368 e. The second-order valence-corrected chi connectivity index (χ2v) is 3.60. The average molecular weight is 196 g/mol. The van der Waals surface area contributed by atoms with Crippen LogP contribution in [0, 0.1) is 0 Å². The minimum atomic E-state index is -0.248. The van der Waals surface area contributed by atoms with E-state index in [2.05, 4.69) is 10.0 Å². The normalized spacial score (nSPS) is 26.9. The highest BCUT2D eigenvalue weighted by Gasteiger charge is 2.35. The molecule has 0 unspecified atom stereocenters. The first-order chi connectivity index (χ1) is 6.81. The average Bonchev–Trinajstić information content (AvgIpc) is 2.62. The number of hydrogen-bond donors (Lipinski definition) is 0. The lowest BCUT2D eigenvalue weighted by molar-refractivity contribution is -0.145. The van der Waals surface area contributed by atoms with E-state index in [0.29, 0.717) is 19.7 Å². The number of likely N-dealkylation sites (tertiary alicyclic amines) is 1. The van der Waals surface area contributed by atoms with Gasteiger partial charge in [0.25, 0.3) is 5.91 Å². The van der Waals surface area contributed by atoms with Crippen LogP contribution in [0.3, 0.4) is 0 Å². The molecule has 6 heteroatoms. The molecular weight excluding hydrogens is 184 g/mol. The predicted molar refractivity (Wildman–Crippen MR) is 48.5 cm³/mol. The van der Waals surface area contributed by atoms with Crippen molar-refractivity contribution in [3.8, 4) is 0 Å². The molecule has 76 valence electrons. The molecule has 0 aliphatic carbocycles. The molecule has 2 aliphatic heterocycles. The number of ether oxygens (including phenoxy) is 1. The van der Waals surface area contributed by atoms with Crippen LogP contribution in [0.25, 0.3) is 10.4 Å².